The molecule has 0 saturated heterocycles. The average molecular weight is 210 g/mol. The van der Waals surface area contributed by atoms with E-state index in [1.807, 2.05) is 30.4 Å². The fourth-order valence-electron chi connectivity index (χ4n) is 2.38. The molecule has 0 N–H and O–H groups in total. The standard InChI is InChI=1S/C14H10O2/c15-13-11-7-3-1-5-9(11)10-6-2-4-8-12(10)14(13)16/h1-7,12H,8H2. The van der Waals surface area contributed by atoms with Gasteiger partial charge in [-0.2, -0.15) is 0 Å². The van der Waals surface area contributed by atoms with Gasteiger partial charge < -0.3 is 0 Å². The van der Waals surface area contributed by atoms with Gasteiger partial charge >= 0.3 is 0 Å². The first kappa shape index (κ1) is 9.28. The highest BCUT2D eigenvalue weighted by atomic mass is 16.2. The molecule has 2 nitrogen and oxygen atoms in total. The number of hydrogen-bond donors (Lipinski definition) is 0. The van der Waals surface area contributed by atoms with Crippen LogP contribution in [0.25, 0.3) is 5.57 Å². The minimum Gasteiger partial charge on any atom is -0.290 e. The van der Waals surface area contributed by atoms with Gasteiger partial charge in [0.25, 0.3) is 0 Å². The average Bonchev–Trinajstić information content (AvgIpc) is 2.36. The number of benzene rings is 1. The van der Waals surface area contributed by atoms with Crippen molar-refractivity contribution in [3.05, 3.63) is 53.6 Å². The molecule has 0 radical (unpaired) electrons. The van der Waals surface area contributed by atoms with Crippen molar-refractivity contribution in [3.8, 4) is 0 Å². The van der Waals surface area contributed by atoms with Crippen LogP contribution in [0.15, 0.2) is 42.5 Å². The Labute approximate surface area is 93.3 Å². The third-order valence-electron chi connectivity index (χ3n) is 3.18. The van der Waals surface area contributed by atoms with Crippen LogP contribution in [0.5, 0.6) is 0 Å². The number of allylic oxidation sites excluding steroid dienone is 4. The van der Waals surface area contributed by atoms with Gasteiger partial charge in [0.15, 0.2) is 0 Å². The first-order chi connectivity index (χ1) is 7.79. The molecule has 0 heterocycles. The molecule has 1 aromatic rings. The zero-order chi connectivity index (χ0) is 11.1. The maximum Gasteiger partial charge on any atom is 0.229 e. The van der Waals surface area contributed by atoms with Gasteiger partial charge in [-0.1, -0.05) is 42.5 Å². The third kappa shape index (κ3) is 1.13. The lowest BCUT2D eigenvalue weighted by Crippen LogP contribution is -2.31. The Balaban J connectivity index is 2.28. The van der Waals surface area contributed by atoms with Crippen molar-refractivity contribution in [3.63, 3.8) is 0 Å². The van der Waals surface area contributed by atoms with Crippen molar-refractivity contribution in [2.24, 2.45) is 5.92 Å². The SMILES string of the molecule is O=C1C(=O)C2CC=CC=C2c2ccccc21. The highest BCUT2D eigenvalue weighted by Gasteiger charge is 2.36. The molecule has 0 bridgehead atoms. The first-order valence-electron chi connectivity index (χ1n) is 5.33. The molecular formula is C14H10O2. The minimum atomic E-state index is -0.340. The molecule has 0 fully saturated rings. The predicted molar refractivity (Wildman–Crippen MR) is 61.0 cm³/mol. The van der Waals surface area contributed by atoms with Gasteiger partial charge in [0.2, 0.25) is 11.6 Å². The highest BCUT2D eigenvalue weighted by Crippen LogP contribution is 2.37. The van der Waals surface area contributed by atoms with E-state index in [4.69, 9.17) is 0 Å². The number of fused-ring (bicyclic) bond motifs is 3. The maximum absolute atomic E-state index is 11.9. The molecule has 2 aliphatic rings. The monoisotopic (exact) mass is 210 g/mol. The number of carbonyl (C=O) groups is 2. The van der Waals surface area contributed by atoms with E-state index in [2.05, 4.69) is 0 Å². The molecule has 1 aromatic carbocycles. The summed E-state index contributed by atoms with van der Waals surface area (Å²) in [7, 11) is 0. The summed E-state index contributed by atoms with van der Waals surface area (Å²) in [5.41, 5.74) is 2.45. The van der Waals surface area contributed by atoms with E-state index < -0.39 is 0 Å². The summed E-state index contributed by atoms with van der Waals surface area (Å²) in [5.74, 6) is -0.866. The number of carbonyl (C=O) groups excluding carboxylic acids is 2. The lowest BCUT2D eigenvalue weighted by molar-refractivity contribution is -0.117. The van der Waals surface area contributed by atoms with E-state index in [9.17, 15) is 9.59 Å². The summed E-state index contributed by atoms with van der Waals surface area (Å²) in [4.78, 5) is 23.8. The van der Waals surface area contributed by atoms with E-state index in [1.165, 1.54) is 0 Å². The van der Waals surface area contributed by atoms with E-state index in [0.717, 1.165) is 11.1 Å². The van der Waals surface area contributed by atoms with Gasteiger partial charge in [-0.05, 0) is 17.6 Å². The Kier molecular flexibility index (Phi) is 1.90. The Hall–Kier alpha value is -1.96. The molecular weight excluding hydrogens is 200 g/mol. The molecule has 78 valence electrons. The Morgan fingerprint density at radius 3 is 2.62 bits per heavy atom. The third-order valence-corrected chi connectivity index (χ3v) is 3.18. The van der Waals surface area contributed by atoms with Gasteiger partial charge in [0.1, 0.15) is 0 Å². The fraction of sp³-hybridized carbons (Fsp3) is 0.143. The van der Waals surface area contributed by atoms with Gasteiger partial charge in [-0.3, -0.25) is 9.59 Å². The summed E-state index contributed by atoms with van der Waals surface area (Å²) < 4.78 is 0. The number of hydrogen-bond acceptors (Lipinski definition) is 2. The molecule has 1 unspecified atom stereocenters. The normalized spacial score (nSPS) is 22.5. The smallest absolute Gasteiger partial charge is 0.229 e. The second kappa shape index (κ2) is 3.27. The number of rotatable bonds is 0. The molecule has 1 atom stereocenters. The van der Waals surface area contributed by atoms with Crippen molar-refractivity contribution in [2.45, 2.75) is 6.42 Å². The van der Waals surface area contributed by atoms with Crippen LogP contribution in [-0.2, 0) is 4.79 Å². The van der Waals surface area contributed by atoms with Gasteiger partial charge in [-0.25, -0.2) is 0 Å². The molecule has 16 heavy (non-hydrogen) atoms. The molecule has 2 heteroatoms. The van der Waals surface area contributed by atoms with Crippen molar-refractivity contribution >= 4 is 17.1 Å². The lowest BCUT2D eigenvalue weighted by Gasteiger charge is -2.26. The van der Waals surface area contributed by atoms with Crippen LogP contribution in [0.1, 0.15) is 22.3 Å². The summed E-state index contributed by atoms with van der Waals surface area (Å²) in [6.07, 6.45) is 6.47. The second-order valence-electron chi connectivity index (χ2n) is 4.08. The molecule has 0 amide bonds. The number of Topliss-reactive ketones (excluding diaryl/α,β-unsaturated/α-hetero) is 2. The van der Waals surface area contributed by atoms with E-state index in [0.29, 0.717) is 12.0 Å². The summed E-state index contributed by atoms with van der Waals surface area (Å²) in [6, 6.07) is 7.34. The summed E-state index contributed by atoms with van der Waals surface area (Å²) in [6.45, 7) is 0. The van der Waals surface area contributed by atoms with E-state index >= 15 is 0 Å². The molecule has 2 aliphatic carbocycles. The van der Waals surface area contributed by atoms with Crippen molar-refractivity contribution < 1.29 is 9.59 Å². The highest BCUT2D eigenvalue weighted by molar-refractivity contribution is 6.48. The quantitative estimate of drug-likeness (QED) is 0.616. The minimum absolute atomic E-state index is 0.257. The van der Waals surface area contributed by atoms with Crippen LogP contribution in [0, 0.1) is 5.92 Å². The molecule has 0 saturated carbocycles. The zero-order valence-corrected chi connectivity index (χ0v) is 8.64. The topological polar surface area (TPSA) is 34.1 Å². The Morgan fingerprint density at radius 2 is 1.81 bits per heavy atom. The Morgan fingerprint density at radius 1 is 1.06 bits per heavy atom. The van der Waals surface area contributed by atoms with Crippen LogP contribution in [-0.4, -0.2) is 11.6 Å². The van der Waals surface area contributed by atoms with Crippen molar-refractivity contribution in [1.29, 1.82) is 0 Å². The van der Waals surface area contributed by atoms with Crippen LogP contribution < -0.4 is 0 Å². The molecule has 3 rings (SSSR count). The Bertz CT molecular complexity index is 550. The van der Waals surface area contributed by atoms with Gasteiger partial charge in [-0.15, -0.1) is 0 Å². The first-order valence-corrected chi connectivity index (χ1v) is 5.33. The largest absolute Gasteiger partial charge is 0.290 e. The van der Waals surface area contributed by atoms with Crippen LogP contribution in [0.3, 0.4) is 0 Å². The van der Waals surface area contributed by atoms with Crippen molar-refractivity contribution in [1.82, 2.24) is 0 Å². The van der Waals surface area contributed by atoms with Crippen molar-refractivity contribution in [2.75, 3.05) is 0 Å². The maximum atomic E-state index is 11.9. The van der Waals surface area contributed by atoms with E-state index in [1.54, 1.807) is 12.1 Å². The number of ketones is 2. The van der Waals surface area contributed by atoms with Gasteiger partial charge in [0.05, 0.1) is 5.92 Å². The lowest BCUT2D eigenvalue weighted by atomic mass is 9.75. The predicted octanol–water partition coefficient (Wildman–Crippen LogP) is 2.41. The molecule has 0 aromatic heterocycles. The molecule has 0 spiro atoms. The second-order valence-corrected chi connectivity index (χ2v) is 4.08. The zero-order valence-electron chi connectivity index (χ0n) is 8.64. The fourth-order valence-corrected chi connectivity index (χ4v) is 2.38. The van der Waals surface area contributed by atoms with E-state index in [-0.39, 0.29) is 17.5 Å². The van der Waals surface area contributed by atoms with Crippen LogP contribution >= 0.6 is 0 Å². The molecule has 0 aliphatic heterocycles. The van der Waals surface area contributed by atoms with Gasteiger partial charge in [0, 0.05) is 5.56 Å². The van der Waals surface area contributed by atoms with Crippen LogP contribution in [0.2, 0.25) is 0 Å². The summed E-state index contributed by atoms with van der Waals surface area (Å²) in [5, 5.41) is 0. The van der Waals surface area contributed by atoms with Crippen LogP contribution in [0.4, 0.5) is 0 Å². The summed E-state index contributed by atoms with van der Waals surface area (Å²) >= 11 is 0.